The summed E-state index contributed by atoms with van der Waals surface area (Å²) >= 11 is 0. The molecule has 0 aliphatic rings. The van der Waals surface area contributed by atoms with Gasteiger partial charge in [-0.1, -0.05) is 32.1 Å². The van der Waals surface area contributed by atoms with Crippen LogP contribution in [0.15, 0.2) is 24.5 Å². The number of likely N-dealkylation sites (N-methyl/N-ethyl adjacent to an activating group) is 1. The van der Waals surface area contributed by atoms with Crippen molar-refractivity contribution in [3.63, 3.8) is 0 Å². The van der Waals surface area contributed by atoms with E-state index in [4.69, 9.17) is 10.5 Å². The minimum absolute atomic E-state index is 0.417. The van der Waals surface area contributed by atoms with Gasteiger partial charge in [0.1, 0.15) is 0 Å². The fourth-order valence-electron chi connectivity index (χ4n) is 2.84. The molecule has 0 radical (unpaired) electrons. The van der Waals surface area contributed by atoms with Crippen LogP contribution in [-0.4, -0.2) is 37.7 Å². The molecule has 1 rings (SSSR count). The van der Waals surface area contributed by atoms with E-state index in [0.717, 1.165) is 19.4 Å². The van der Waals surface area contributed by atoms with Gasteiger partial charge < -0.3 is 10.1 Å². The molecule has 0 fully saturated rings. The predicted molar refractivity (Wildman–Crippen MR) is 99.8 cm³/mol. The largest absolute Gasteiger partial charge is 0.439 e. The Kier molecular flexibility index (Phi) is 11.7. The maximum absolute atomic E-state index is 5.53. The first kappa shape index (κ1) is 20.4. The van der Waals surface area contributed by atoms with Crippen molar-refractivity contribution in [2.75, 3.05) is 20.7 Å². The molecule has 24 heavy (non-hydrogen) atoms. The van der Waals surface area contributed by atoms with E-state index in [0.29, 0.717) is 12.1 Å². The zero-order valence-corrected chi connectivity index (χ0v) is 15.4. The topological polar surface area (TPSA) is 74.1 Å². The number of nitrogens with zero attached hydrogens (tertiary/aromatic N) is 1. The van der Waals surface area contributed by atoms with Crippen LogP contribution in [0.3, 0.4) is 0 Å². The van der Waals surface area contributed by atoms with Crippen molar-refractivity contribution in [1.29, 1.82) is 0 Å². The van der Waals surface area contributed by atoms with E-state index >= 15 is 0 Å². The Labute approximate surface area is 147 Å². The van der Waals surface area contributed by atoms with Crippen molar-refractivity contribution in [1.82, 2.24) is 10.3 Å². The third kappa shape index (κ3) is 10.2. The highest BCUT2D eigenvalue weighted by Gasteiger charge is 2.06. The molecule has 1 unspecified atom stereocenters. The third-order valence-electron chi connectivity index (χ3n) is 4.39. The van der Waals surface area contributed by atoms with Gasteiger partial charge in [-0.15, -0.1) is 0 Å². The molecule has 0 bridgehead atoms. The molecule has 4 N–H and O–H groups in total. The Bertz CT molecular complexity index is 436. The lowest BCUT2D eigenvalue weighted by Crippen LogP contribution is -2.75. The third-order valence-corrected chi connectivity index (χ3v) is 4.39. The van der Waals surface area contributed by atoms with Crippen molar-refractivity contribution in [2.45, 2.75) is 63.8 Å². The number of hydrogen-bond acceptors (Lipinski definition) is 3. The monoisotopic (exact) mass is 335 g/mol. The Morgan fingerprint density at radius 2 is 1.75 bits per heavy atom. The molecule has 0 saturated carbocycles. The van der Waals surface area contributed by atoms with Gasteiger partial charge in [-0.2, -0.15) is 0 Å². The lowest BCUT2D eigenvalue weighted by Gasteiger charge is -2.16. The van der Waals surface area contributed by atoms with Gasteiger partial charge in [-0.05, 0) is 50.4 Å². The van der Waals surface area contributed by atoms with Crippen molar-refractivity contribution in [3.05, 3.63) is 30.1 Å². The standard InChI is InChI=1S/C19H34N4O/c1-21-18(16-17-11-14-22-15-12-17)10-8-6-4-3-5-7-9-13-23-19(20)24-2/h11-12,14-15,18,21H,3-10,13,16H2,1-2H3,(H2,20,23)/p+1. The molecule has 1 aromatic heterocycles. The van der Waals surface area contributed by atoms with E-state index < -0.39 is 0 Å². The first-order valence-electron chi connectivity index (χ1n) is 9.22. The summed E-state index contributed by atoms with van der Waals surface area (Å²) in [4.78, 5) is 7.12. The maximum atomic E-state index is 5.53. The number of nitrogens with one attached hydrogen (secondary N) is 2. The lowest BCUT2D eigenvalue weighted by atomic mass is 10.0. The molecule has 1 aromatic rings. The van der Waals surface area contributed by atoms with Gasteiger partial charge in [0.25, 0.3) is 0 Å². The van der Waals surface area contributed by atoms with Crippen molar-refractivity contribution < 1.29 is 9.73 Å². The second-order valence-electron chi connectivity index (χ2n) is 6.30. The van der Waals surface area contributed by atoms with Gasteiger partial charge in [-0.25, -0.2) is 4.99 Å². The fraction of sp³-hybridized carbons (Fsp3) is 0.684. The first-order chi connectivity index (χ1) is 11.8. The van der Waals surface area contributed by atoms with Crippen LogP contribution in [0.2, 0.25) is 0 Å². The van der Waals surface area contributed by atoms with Crippen LogP contribution in [0.25, 0.3) is 0 Å². The molecule has 0 aliphatic carbocycles. The second kappa shape index (κ2) is 13.8. The number of methoxy groups -OCH3 is 1. The van der Waals surface area contributed by atoms with Crippen LogP contribution in [0.4, 0.5) is 0 Å². The highest BCUT2D eigenvalue weighted by molar-refractivity contribution is 5.64. The number of ether oxygens (including phenoxy) is 1. The van der Waals surface area contributed by atoms with Gasteiger partial charge in [0, 0.05) is 18.4 Å². The Morgan fingerprint density at radius 1 is 1.12 bits per heavy atom. The molecule has 0 spiro atoms. The molecule has 0 amide bonds. The molecule has 136 valence electrons. The molecule has 0 aromatic carbocycles. The van der Waals surface area contributed by atoms with Gasteiger partial charge in [-0.3, -0.25) is 10.7 Å². The van der Waals surface area contributed by atoms with E-state index in [1.807, 2.05) is 12.4 Å². The van der Waals surface area contributed by atoms with Crippen molar-refractivity contribution in [2.24, 2.45) is 5.73 Å². The molecule has 1 atom stereocenters. The summed E-state index contributed by atoms with van der Waals surface area (Å²) in [6, 6.07) is 5.20. The molecule has 1 heterocycles. The van der Waals surface area contributed by atoms with Crippen LogP contribution in [0.5, 0.6) is 0 Å². The van der Waals surface area contributed by atoms with Crippen molar-refractivity contribution >= 4 is 6.02 Å². The van der Waals surface area contributed by atoms with Crippen LogP contribution in [0.1, 0.15) is 56.9 Å². The predicted octanol–water partition coefficient (Wildman–Crippen LogP) is 1.37. The number of pyridine rings is 1. The van der Waals surface area contributed by atoms with E-state index in [9.17, 15) is 0 Å². The minimum atomic E-state index is 0.417. The molecule has 5 heteroatoms. The zero-order valence-electron chi connectivity index (χ0n) is 15.4. The summed E-state index contributed by atoms with van der Waals surface area (Å²) in [5.41, 5.74) is 6.89. The van der Waals surface area contributed by atoms with Crippen LogP contribution < -0.4 is 16.0 Å². The first-order valence-corrected chi connectivity index (χ1v) is 9.22. The summed E-state index contributed by atoms with van der Waals surface area (Å²) in [5.74, 6) is 0. The summed E-state index contributed by atoms with van der Waals surface area (Å²) in [6.45, 7) is 0.901. The number of amidine groups is 1. The smallest absolute Gasteiger partial charge is 0.435 e. The lowest BCUT2D eigenvalue weighted by molar-refractivity contribution is -0.468. The number of nitrogens with two attached hydrogens (primary N) is 1. The summed E-state index contributed by atoms with van der Waals surface area (Å²) < 4.78 is 4.86. The van der Waals surface area contributed by atoms with Gasteiger partial charge in [0.15, 0.2) is 0 Å². The number of aromatic nitrogens is 1. The fourth-order valence-corrected chi connectivity index (χ4v) is 2.84. The molecule has 0 saturated heterocycles. The normalized spacial score (nSPS) is 13.0. The van der Waals surface area contributed by atoms with E-state index in [1.54, 1.807) is 7.11 Å². The summed E-state index contributed by atoms with van der Waals surface area (Å²) in [7, 11) is 3.64. The van der Waals surface area contributed by atoms with E-state index in [2.05, 4.69) is 34.5 Å². The van der Waals surface area contributed by atoms with Gasteiger partial charge in [0.2, 0.25) is 0 Å². The van der Waals surface area contributed by atoms with Gasteiger partial charge in [0.05, 0.1) is 13.7 Å². The Balaban J connectivity index is 1.97. The summed E-state index contributed by atoms with van der Waals surface area (Å²) in [5, 5.41) is 3.44. The Morgan fingerprint density at radius 3 is 2.38 bits per heavy atom. The SMILES string of the molecule is CNC(CCCCCCCCC[NH+]=C(N)OC)Cc1ccncc1. The number of hydrogen-bond donors (Lipinski definition) is 3. The number of unbranched alkanes of at least 4 members (excludes halogenated alkanes) is 6. The maximum Gasteiger partial charge on any atom is 0.439 e. The van der Waals surface area contributed by atoms with Crippen molar-refractivity contribution in [3.8, 4) is 0 Å². The van der Waals surface area contributed by atoms with Crippen LogP contribution >= 0.6 is 0 Å². The Hall–Kier alpha value is -1.62. The summed E-state index contributed by atoms with van der Waals surface area (Å²) in [6.07, 6.45) is 15.1. The molecular formula is C19H35N4O+. The highest BCUT2D eigenvalue weighted by Crippen LogP contribution is 2.12. The van der Waals surface area contributed by atoms with Crippen LogP contribution in [-0.2, 0) is 11.2 Å². The van der Waals surface area contributed by atoms with E-state index in [1.165, 1.54) is 50.5 Å². The van der Waals surface area contributed by atoms with Gasteiger partial charge >= 0.3 is 6.02 Å². The molecular weight excluding hydrogens is 300 g/mol. The minimum Gasteiger partial charge on any atom is -0.435 e. The molecule has 0 aliphatic heterocycles. The quantitative estimate of drug-likeness (QED) is 0.289. The second-order valence-corrected chi connectivity index (χ2v) is 6.30. The average Bonchev–Trinajstić information content (AvgIpc) is 2.62. The highest BCUT2D eigenvalue weighted by atomic mass is 16.5. The number of rotatable bonds is 13. The zero-order chi connectivity index (χ0) is 17.5. The average molecular weight is 336 g/mol. The molecule has 5 nitrogen and oxygen atoms in total. The van der Waals surface area contributed by atoms with E-state index in [-0.39, 0.29) is 0 Å². The van der Waals surface area contributed by atoms with Crippen LogP contribution in [0, 0.1) is 0 Å².